The number of aromatic hydroxyl groups is 1. The van der Waals surface area contributed by atoms with E-state index >= 15 is 0 Å². The third-order valence-corrected chi connectivity index (χ3v) is 8.54. The second kappa shape index (κ2) is 14.3. The van der Waals surface area contributed by atoms with E-state index in [-0.39, 0.29) is 50.0 Å². The number of aliphatic carboxylic acids is 1. The highest BCUT2D eigenvalue weighted by Gasteiger charge is 2.32. The standard InChI is InChI=1S/C27H38NO10P/c1-7-37-26(32)18(4)28-39(34,36-6)13-9-8-10-19(25(30)31)14-16(2)11-12-20-23(29)22-21(15-38-27(22)33)17(3)24(20)35-5/h8-9,11,18-19,29H,7,10,12-15H2,1-6H3,(H,28,34)(H,30,31)/b9-8+,16-11+/t18-,19?,39?/m0/s1. The first-order chi connectivity index (χ1) is 18.4. The van der Waals surface area contributed by atoms with Crippen LogP contribution >= 0.6 is 7.52 Å². The number of nitrogens with one attached hydrogen (secondary N) is 1. The van der Waals surface area contributed by atoms with Crippen molar-refractivity contribution in [3.05, 3.63) is 46.1 Å². The minimum absolute atomic E-state index is 0.0341. The second-order valence-corrected chi connectivity index (χ2v) is 11.6. The fraction of sp³-hybridized carbons (Fsp3) is 0.519. The van der Waals surface area contributed by atoms with Crippen LogP contribution in [0.1, 0.15) is 60.7 Å². The Morgan fingerprint density at radius 3 is 2.54 bits per heavy atom. The Balaban J connectivity index is 2.07. The highest BCUT2D eigenvalue weighted by Crippen LogP contribution is 2.43. The molecule has 1 aliphatic heterocycles. The zero-order valence-corrected chi connectivity index (χ0v) is 24.1. The Morgan fingerprint density at radius 2 is 1.95 bits per heavy atom. The van der Waals surface area contributed by atoms with E-state index in [1.165, 1.54) is 21.1 Å². The molecule has 12 heteroatoms. The van der Waals surface area contributed by atoms with Crippen molar-refractivity contribution < 1.29 is 47.9 Å². The summed E-state index contributed by atoms with van der Waals surface area (Å²) >= 11 is 0. The van der Waals surface area contributed by atoms with Crippen molar-refractivity contribution in [2.45, 2.75) is 59.6 Å². The van der Waals surface area contributed by atoms with Gasteiger partial charge in [0, 0.05) is 18.2 Å². The number of hydrogen-bond donors (Lipinski definition) is 3. The number of phenols is 1. The molecule has 0 saturated heterocycles. The number of carboxylic acids is 1. The van der Waals surface area contributed by atoms with Gasteiger partial charge in [0.25, 0.3) is 7.52 Å². The van der Waals surface area contributed by atoms with E-state index in [1.54, 1.807) is 39.0 Å². The molecule has 0 amide bonds. The molecule has 11 nitrogen and oxygen atoms in total. The zero-order chi connectivity index (χ0) is 29.3. The topological polar surface area (TPSA) is 158 Å². The van der Waals surface area contributed by atoms with Crippen LogP contribution in [0.5, 0.6) is 11.5 Å². The highest BCUT2D eigenvalue weighted by atomic mass is 31.2. The van der Waals surface area contributed by atoms with Crippen LogP contribution < -0.4 is 9.82 Å². The normalized spacial score (nSPS) is 16.4. The molecule has 2 unspecified atom stereocenters. The average molecular weight is 568 g/mol. The number of benzene rings is 1. The molecule has 0 aliphatic carbocycles. The third-order valence-electron chi connectivity index (χ3n) is 6.48. The summed E-state index contributed by atoms with van der Waals surface area (Å²) in [4.78, 5) is 35.8. The van der Waals surface area contributed by atoms with Gasteiger partial charge in [-0.2, -0.15) is 0 Å². The monoisotopic (exact) mass is 567 g/mol. The lowest BCUT2D eigenvalue weighted by Gasteiger charge is -2.20. The van der Waals surface area contributed by atoms with Crippen molar-refractivity contribution >= 4 is 25.4 Å². The lowest BCUT2D eigenvalue weighted by atomic mass is 9.93. The van der Waals surface area contributed by atoms with Gasteiger partial charge < -0.3 is 28.9 Å². The summed E-state index contributed by atoms with van der Waals surface area (Å²) in [6.07, 6.45) is 5.59. The Kier molecular flexibility index (Phi) is 11.8. The molecule has 0 fully saturated rings. The molecule has 1 aliphatic rings. The van der Waals surface area contributed by atoms with Crippen molar-refractivity contribution in [1.82, 2.24) is 5.09 Å². The lowest BCUT2D eigenvalue weighted by Crippen LogP contribution is -2.34. The van der Waals surface area contributed by atoms with Gasteiger partial charge in [-0.25, -0.2) is 9.88 Å². The number of hydrogen-bond acceptors (Lipinski definition) is 9. The molecule has 3 atom stereocenters. The molecule has 1 aromatic carbocycles. The van der Waals surface area contributed by atoms with Crippen LogP contribution in [-0.4, -0.2) is 61.2 Å². The number of fused-ring (bicyclic) bond motifs is 1. The van der Waals surface area contributed by atoms with E-state index in [9.17, 15) is 29.2 Å². The van der Waals surface area contributed by atoms with E-state index < -0.39 is 37.4 Å². The summed E-state index contributed by atoms with van der Waals surface area (Å²) in [5.74, 6) is -2.61. The Bertz CT molecular complexity index is 1190. The number of cyclic esters (lactones) is 1. The summed E-state index contributed by atoms with van der Waals surface area (Å²) in [6.45, 7) is 7.05. The van der Waals surface area contributed by atoms with Crippen LogP contribution in [0.15, 0.2) is 23.8 Å². The number of carbonyl (C=O) groups excluding carboxylic acids is 2. The van der Waals surface area contributed by atoms with Crippen molar-refractivity contribution in [1.29, 1.82) is 0 Å². The van der Waals surface area contributed by atoms with E-state index in [4.69, 9.17) is 18.7 Å². The first-order valence-electron chi connectivity index (χ1n) is 12.6. The largest absolute Gasteiger partial charge is 0.507 e. The third kappa shape index (κ3) is 8.17. The maximum atomic E-state index is 12.9. The van der Waals surface area contributed by atoms with Crippen LogP contribution in [0.25, 0.3) is 0 Å². The molecule has 216 valence electrons. The predicted octanol–water partition coefficient (Wildman–Crippen LogP) is 4.29. The van der Waals surface area contributed by atoms with Gasteiger partial charge >= 0.3 is 17.9 Å². The molecule has 39 heavy (non-hydrogen) atoms. The van der Waals surface area contributed by atoms with Crippen molar-refractivity contribution in [2.75, 3.05) is 27.0 Å². The Hall–Kier alpha value is -3.14. The summed E-state index contributed by atoms with van der Waals surface area (Å²) in [6, 6.07) is -0.832. The molecule has 3 N–H and O–H groups in total. The molecule has 0 bridgehead atoms. The molecule has 2 rings (SSSR count). The maximum absolute atomic E-state index is 12.9. The van der Waals surface area contributed by atoms with Crippen LogP contribution in [-0.2, 0) is 41.2 Å². The van der Waals surface area contributed by atoms with Crippen molar-refractivity contribution in [3.8, 4) is 11.5 Å². The van der Waals surface area contributed by atoms with Crippen LogP contribution in [0.3, 0.4) is 0 Å². The maximum Gasteiger partial charge on any atom is 0.342 e. The van der Waals surface area contributed by atoms with Crippen LogP contribution in [0.4, 0.5) is 0 Å². The summed E-state index contributed by atoms with van der Waals surface area (Å²) < 4.78 is 33.5. The molecule has 1 aromatic rings. The number of carboxylic acid groups (broad SMARTS) is 1. The minimum atomic E-state index is -3.38. The van der Waals surface area contributed by atoms with Gasteiger partial charge in [-0.3, -0.25) is 14.2 Å². The van der Waals surface area contributed by atoms with Gasteiger partial charge in [0.15, 0.2) is 0 Å². The van der Waals surface area contributed by atoms with E-state index in [0.717, 1.165) is 5.57 Å². The molecule has 0 saturated carbocycles. The molecular formula is C27H38NO10P. The van der Waals surface area contributed by atoms with Crippen LogP contribution in [0.2, 0.25) is 0 Å². The van der Waals surface area contributed by atoms with Gasteiger partial charge in [0.05, 0.1) is 25.8 Å². The quantitative estimate of drug-likeness (QED) is 0.158. The van der Waals surface area contributed by atoms with E-state index in [1.807, 2.05) is 0 Å². The number of esters is 2. The molecule has 0 aromatic heterocycles. The van der Waals surface area contributed by atoms with Gasteiger partial charge in [0.2, 0.25) is 0 Å². The second-order valence-electron chi connectivity index (χ2n) is 9.26. The minimum Gasteiger partial charge on any atom is -0.507 e. The Labute approximate surface area is 228 Å². The fourth-order valence-corrected chi connectivity index (χ4v) is 5.80. The first-order valence-corrected chi connectivity index (χ1v) is 14.4. The predicted molar refractivity (Wildman–Crippen MR) is 144 cm³/mol. The van der Waals surface area contributed by atoms with E-state index in [0.29, 0.717) is 22.4 Å². The van der Waals surface area contributed by atoms with Gasteiger partial charge in [0.1, 0.15) is 29.7 Å². The van der Waals surface area contributed by atoms with Gasteiger partial charge in [-0.05, 0) is 52.5 Å². The smallest absolute Gasteiger partial charge is 0.342 e. The number of allylic oxidation sites excluding steroid dienone is 4. The van der Waals surface area contributed by atoms with Gasteiger partial charge in [-0.1, -0.05) is 23.8 Å². The molecule has 0 spiro atoms. The number of carbonyl (C=O) groups is 3. The summed E-state index contributed by atoms with van der Waals surface area (Å²) in [5, 5.41) is 23.1. The lowest BCUT2D eigenvalue weighted by molar-refractivity contribution is -0.144. The van der Waals surface area contributed by atoms with Crippen LogP contribution in [0, 0.1) is 12.8 Å². The molecular weight excluding hydrogens is 529 g/mol. The Morgan fingerprint density at radius 1 is 1.26 bits per heavy atom. The first kappa shape index (κ1) is 32.1. The van der Waals surface area contributed by atoms with Crippen molar-refractivity contribution in [3.63, 3.8) is 0 Å². The molecule has 0 radical (unpaired) electrons. The number of phenolic OH excluding ortho intramolecular Hbond substituents is 1. The van der Waals surface area contributed by atoms with E-state index in [2.05, 4.69) is 5.09 Å². The molecule has 1 heterocycles. The average Bonchev–Trinajstić information content (AvgIpc) is 3.28. The summed E-state index contributed by atoms with van der Waals surface area (Å²) in [5.41, 5.74) is 2.65. The zero-order valence-electron chi connectivity index (χ0n) is 23.2. The highest BCUT2D eigenvalue weighted by molar-refractivity contribution is 7.57. The van der Waals surface area contributed by atoms with Gasteiger partial charge in [-0.15, -0.1) is 0 Å². The SMILES string of the molecule is CCOC(=O)[C@H](C)NP(=O)(C/C=C/CC(C/C(C)=C/Cc1c(O)c2c(c(C)c1OC)COC2=O)C(=O)O)OC. The van der Waals surface area contributed by atoms with Crippen molar-refractivity contribution in [2.24, 2.45) is 5.92 Å². The number of ether oxygens (including phenoxy) is 3. The fourth-order valence-electron chi connectivity index (χ4n) is 4.32. The summed E-state index contributed by atoms with van der Waals surface area (Å²) in [7, 11) is -0.632. The number of methoxy groups -OCH3 is 1. The number of rotatable bonds is 15.